The fourth-order valence-corrected chi connectivity index (χ4v) is 3.50. The molecule has 5 nitrogen and oxygen atoms in total. The van der Waals surface area contributed by atoms with Crippen LogP contribution in [0.3, 0.4) is 0 Å². The molecule has 1 aromatic heterocycles. The van der Waals surface area contributed by atoms with Gasteiger partial charge in [0.2, 0.25) is 10.0 Å². The predicted molar refractivity (Wildman–Crippen MR) is 91.7 cm³/mol. The zero-order valence-corrected chi connectivity index (χ0v) is 14.1. The van der Waals surface area contributed by atoms with Crippen LogP contribution >= 0.6 is 0 Å². The predicted octanol–water partition coefficient (Wildman–Crippen LogP) is 3.33. The Balaban J connectivity index is 1.85. The van der Waals surface area contributed by atoms with Crippen LogP contribution in [0.25, 0.3) is 11.0 Å². The highest BCUT2D eigenvalue weighted by Gasteiger charge is 2.13. The monoisotopic (exact) mass is 345 g/mol. The number of anilines is 1. The molecule has 0 atom stereocenters. The van der Waals surface area contributed by atoms with Crippen molar-refractivity contribution in [3.63, 3.8) is 0 Å². The number of sulfonamides is 1. The van der Waals surface area contributed by atoms with E-state index in [0.717, 1.165) is 11.4 Å². The number of aromatic nitrogens is 2. The van der Waals surface area contributed by atoms with Crippen molar-refractivity contribution in [3.8, 4) is 0 Å². The molecule has 1 N–H and O–H groups in total. The van der Waals surface area contributed by atoms with Crippen molar-refractivity contribution in [1.29, 1.82) is 0 Å². The minimum atomic E-state index is -3.61. The minimum Gasteiger partial charge on any atom is -0.283 e. The number of benzene rings is 2. The molecule has 0 fully saturated rings. The maximum Gasteiger partial charge on any atom is 0.236 e. The van der Waals surface area contributed by atoms with Gasteiger partial charge in [-0.15, -0.1) is 0 Å². The smallest absolute Gasteiger partial charge is 0.236 e. The third-order valence-electron chi connectivity index (χ3n) is 3.62. The highest BCUT2D eigenvalue weighted by Crippen LogP contribution is 2.19. The van der Waals surface area contributed by atoms with Crippen LogP contribution in [0.4, 0.5) is 10.1 Å². The second-order valence-electron chi connectivity index (χ2n) is 5.59. The van der Waals surface area contributed by atoms with Crippen molar-refractivity contribution in [2.75, 3.05) is 4.72 Å². The summed E-state index contributed by atoms with van der Waals surface area (Å²) in [6.07, 6.45) is 0. The van der Waals surface area contributed by atoms with Crippen molar-refractivity contribution in [2.24, 2.45) is 0 Å². The minimum absolute atomic E-state index is 0.232. The molecular weight excluding hydrogens is 329 g/mol. The molecule has 0 aliphatic rings. The van der Waals surface area contributed by atoms with Crippen molar-refractivity contribution >= 4 is 26.7 Å². The molecule has 3 rings (SSSR count). The highest BCUT2D eigenvalue weighted by molar-refractivity contribution is 7.91. The Morgan fingerprint density at radius 3 is 2.25 bits per heavy atom. The maximum absolute atomic E-state index is 12.9. The number of aryl methyl sites for hydroxylation is 2. The summed E-state index contributed by atoms with van der Waals surface area (Å²) in [6, 6.07) is 10.4. The average Bonchev–Trinajstić information content (AvgIpc) is 2.50. The van der Waals surface area contributed by atoms with E-state index in [1.54, 1.807) is 18.2 Å². The van der Waals surface area contributed by atoms with Crippen molar-refractivity contribution in [1.82, 2.24) is 9.97 Å². The van der Waals surface area contributed by atoms with E-state index in [1.165, 1.54) is 24.3 Å². The van der Waals surface area contributed by atoms with Crippen LogP contribution in [0.1, 0.15) is 17.0 Å². The Morgan fingerprint density at radius 1 is 0.958 bits per heavy atom. The third-order valence-corrected chi connectivity index (χ3v) is 4.88. The molecular formula is C17H16FN3O2S. The van der Waals surface area contributed by atoms with E-state index in [2.05, 4.69) is 14.7 Å². The van der Waals surface area contributed by atoms with Crippen LogP contribution in [0.2, 0.25) is 0 Å². The topological polar surface area (TPSA) is 72.0 Å². The maximum atomic E-state index is 12.9. The molecule has 0 bridgehead atoms. The fraction of sp³-hybridized carbons (Fsp3) is 0.176. The van der Waals surface area contributed by atoms with Gasteiger partial charge in [-0.1, -0.05) is 12.1 Å². The summed E-state index contributed by atoms with van der Waals surface area (Å²) in [7, 11) is -3.61. The quantitative estimate of drug-likeness (QED) is 0.787. The normalized spacial score (nSPS) is 11.6. The number of rotatable bonds is 4. The Kier molecular flexibility index (Phi) is 4.19. The van der Waals surface area contributed by atoms with E-state index in [0.29, 0.717) is 22.3 Å². The van der Waals surface area contributed by atoms with Gasteiger partial charge in [-0.05, 0) is 49.7 Å². The Hall–Kier alpha value is -2.54. The van der Waals surface area contributed by atoms with Crippen molar-refractivity contribution < 1.29 is 12.8 Å². The van der Waals surface area contributed by atoms with E-state index in [4.69, 9.17) is 0 Å². The number of hydrogen-bond donors (Lipinski definition) is 1. The van der Waals surface area contributed by atoms with E-state index in [-0.39, 0.29) is 5.75 Å². The van der Waals surface area contributed by atoms with Gasteiger partial charge < -0.3 is 0 Å². The number of nitrogens with one attached hydrogen (secondary N) is 1. The molecule has 0 aliphatic heterocycles. The molecule has 0 saturated heterocycles. The van der Waals surface area contributed by atoms with Gasteiger partial charge in [0.15, 0.2) is 0 Å². The molecule has 124 valence electrons. The molecule has 0 unspecified atom stereocenters. The third kappa shape index (κ3) is 3.68. The molecule has 1 heterocycles. The zero-order valence-electron chi connectivity index (χ0n) is 13.2. The molecule has 24 heavy (non-hydrogen) atoms. The van der Waals surface area contributed by atoms with Crippen LogP contribution in [0.15, 0.2) is 42.5 Å². The molecule has 3 aromatic rings. The SMILES string of the molecule is Cc1nc2ccc(NS(=O)(=O)Cc3ccc(F)cc3)cc2nc1C. The molecule has 2 aromatic carbocycles. The summed E-state index contributed by atoms with van der Waals surface area (Å²) in [5, 5.41) is 0. The first-order valence-electron chi connectivity index (χ1n) is 7.32. The Bertz CT molecular complexity index is 1000. The van der Waals surface area contributed by atoms with Gasteiger partial charge in [0, 0.05) is 0 Å². The Labute approximate surface area is 139 Å². The van der Waals surface area contributed by atoms with E-state index in [9.17, 15) is 12.8 Å². The summed E-state index contributed by atoms with van der Waals surface area (Å²) < 4.78 is 40.0. The lowest BCUT2D eigenvalue weighted by molar-refractivity contribution is 0.600. The lowest BCUT2D eigenvalue weighted by Gasteiger charge is -2.09. The molecule has 0 amide bonds. The van der Waals surface area contributed by atoms with E-state index in [1.807, 2.05) is 13.8 Å². The molecule has 0 radical (unpaired) electrons. The van der Waals surface area contributed by atoms with Gasteiger partial charge in [0.1, 0.15) is 5.82 Å². The summed E-state index contributed by atoms with van der Waals surface area (Å²) in [4.78, 5) is 8.83. The fourth-order valence-electron chi connectivity index (χ4n) is 2.31. The van der Waals surface area contributed by atoms with Crippen LogP contribution in [-0.2, 0) is 15.8 Å². The average molecular weight is 345 g/mol. The first kappa shape index (κ1) is 16.3. The lowest BCUT2D eigenvalue weighted by atomic mass is 10.2. The summed E-state index contributed by atoms with van der Waals surface area (Å²) in [5.74, 6) is -0.632. The summed E-state index contributed by atoms with van der Waals surface area (Å²) in [5.41, 5.74) is 3.90. The number of hydrogen-bond acceptors (Lipinski definition) is 4. The standard InChI is InChI=1S/C17H16FN3O2S/c1-11-12(2)20-17-9-15(7-8-16(17)19-11)21-24(22,23)10-13-3-5-14(18)6-4-13/h3-9,21H,10H2,1-2H3. The molecule has 0 spiro atoms. The molecule has 0 saturated carbocycles. The first-order valence-corrected chi connectivity index (χ1v) is 8.97. The Morgan fingerprint density at radius 2 is 1.58 bits per heavy atom. The van der Waals surface area contributed by atoms with Crippen LogP contribution in [-0.4, -0.2) is 18.4 Å². The van der Waals surface area contributed by atoms with E-state index >= 15 is 0 Å². The van der Waals surface area contributed by atoms with Crippen molar-refractivity contribution in [3.05, 3.63) is 65.2 Å². The van der Waals surface area contributed by atoms with Crippen molar-refractivity contribution in [2.45, 2.75) is 19.6 Å². The lowest BCUT2D eigenvalue weighted by Crippen LogP contribution is -2.15. The second kappa shape index (κ2) is 6.16. The molecule has 7 heteroatoms. The van der Waals surface area contributed by atoms with Crippen LogP contribution in [0, 0.1) is 19.7 Å². The van der Waals surface area contributed by atoms with Crippen LogP contribution in [0.5, 0.6) is 0 Å². The number of halogens is 1. The largest absolute Gasteiger partial charge is 0.283 e. The molecule has 0 aliphatic carbocycles. The summed E-state index contributed by atoms with van der Waals surface area (Å²) in [6.45, 7) is 3.73. The van der Waals surface area contributed by atoms with E-state index < -0.39 is 15.8 Å². The van der Waals surface area contributed by atoms with Gasteiger partial charge in [0.25, 0.3) is 0 Å². The van der Waals surface area contributed by atoms with Gasteiger partial charge in [-0.3, -0.25) is 4.72 Å². The van der Waals surface area contributed by atoms with Gasteiger partial charge in [-0.2, -0.15) is 0 Å². The van der Waals surface area contributed by atoms with Gasteiger partial charge in [-0.25, -0.2) is 22.8 Å². The highest BCUT2D eigenvalue weighted by atomic mass is 32.2. The van der Waals surface area contributed by atoms with Gasteiger partial charge >= 0.3 is 0 Å². The second-order valence-corrected chi connectivity index (χ2v) is 7.31. The zero-order chi connectivity index (χ0) is 17.3. The number of nitrogens with zero attached hydrogens (tertiary/aromatic N) is 2. The summed E-state index contributed by atoms with van der Waals surface area (Å²) >= 11 is 0. The van der Waals surface area contributed by atoms with Gasteiger partial charge in [0.05, 0.1) is 33.9 Å². The first-order chi connectivity index (χ1) is 11.3. The number of fused-ring (bicyclic) bond motifs is 1. The van der Waals surface area contributed by atoms with Crippen LogP contribution < -0.4 is 4.72 Å².